The number of carbonyl (C=O) groups is 1. The molecule has 0 aliphatic rings. The van der Waals surface area contributed by atoms with Crippen molar-refractivity contribution in [3.8, 4) is 17.0 Å². The van der Waals surface area contributed by atoms with Crippen LogP contribution in [0, 0.1) is 0 Å². The molecule has 0 fully saturated rings. The number of benzene rings is 1. The molecule has 0 saturated carbocycles. The molecule has 3 aromatic rings. The Morgan fingerprint density at radius 1 is 1.26 bits per heavy atom. The van der Waals surface area contributed by atoms with Crippen LogP contribution in [0.25, 0.3) is 16.9 Å². The highest BCUT2D eigenvalue weighted by Crippen LogP contribution is 2.25. The SMILES string of the molecule is COC(=O)c1cc(-c2cccc(OC(F)F)c2)nc2ccnn12. The maximum absolute atomic E-state index is 12.3. The quantitative estimate of drug-likeness (QED) is 0.692. The Balaban J connectivity index is 2.11. The van der Waals surface area contributed by atoms with E-state index in [1.165, 1.54) is 36.0 Å². The molecule has 2 heterocycles. The molecule has 8 heteroatoms. The van der Waals surface area contributed by atoms with Gasteiger partial charge in [0.25, 0.3) is 0 Å². The predicted octanol–water partition coefficient (Wildman–Crippen LogP) is 2.78. The summed E-state index contributed by atoms with van der Waals surface area (Å²) in [5.41, 5.74) is 1.55. The van der Waals surface area contributed by atoms with Crippen molar-refractivity contribution in [1.29, 1.82) is 0 Å². The minimum atomic E-state index is -2.92. The Bertz CT molecular complexity index is 864. The zero-order valence-corrected chi connectivity index (χ0v) is 11.9. The number of hydrogen-bond acceptors (Lipinski definition) is 5. The van der Waals surface area contributed by atoms with Crippen LogP contribution in [0.15, 0.2) is 42.6 Å². The third kappa shape index (κ3) is 2.96. The van der Waals surface area contributed by atoms with E-state index in [0.29, 0.717) is 16.9 Å². The first-order chi connectivity index (χ1) is 11.1. The second kappa shape index (κ2) is 5.99. The molecule has 118 valence electrons. The molecule has 1 aromatic carbocycles. The summed E-state index contributed by atoms with van der Waals surface area (Å²) in [5, 5.41) is 4.01. The van der Waals surface area contributed by atoms with Crippen LogP contribution in [-0.2, 0) is 4.74 Å². The lowest BCUT2D eigenvalue weighted by molar-refractivity contribution is -0.0498. The van der Waals surface area contributed by atoms with E-state index in [0.717, 1.165) is 0 Å². The van der Waals surface area contributed by atoms with Gasteiger partial charge in [-0.15, -0.1) is 0 Å². The third-order valence-corrected chi connectivity index (χ3v) is 3.11. The Morgan fingerprint density at radius 2 is 2.09 bits per heavy atom. The van der Waals surface area contributed by atoms with Gasteiger partial charge in [0.05, 0.1) is 19.0 Å². The van der Waals surface area contributed by atoms with Crippen LogP contribution in [0.3, 0.4) is 0 Å². The van der Waals surface area contributed by atoms with Gasteiger partial charge in [0.2, 0.25) is 0 Å². The lowest BCUT2D eigenvalue weighted by Crippen LogP contribution is -2.10. The number of methoxy groups -OCH3 is 1. The van der Waals surface area contributed by atoms with Gasteiger partial charge in [0.1, 0.15) is 5.75 Å². The van der Waals surface area contributed by atoms with Crippen LogP contribution >= 0.6 is 0 Å². The Hall–Kier alpha value is -3.03. The van der Waals surface area contributed by atoms with Crippen LogP contribution in [-0.4, -0.2) is 34.3 Å². The van der Waals surface area contributed by atoms with Gasteiger partial charge in [-0.2, -0.15) is 13.9 Å². The summed E-state index contributed by atoms with van der Waals surface area (Å²) in [6, 6.07) is 9.17. The fourth-order valence-electron chi connectivity index (χ4n) is 2.14. The number of esters is 1. The molecule has 0 saturated heterocycles. The molecule has 2 aromatic heterocycles. The number of hydrogen-bond donors (Lipinski definition) is 0. The minimum absolute atomic E-state index is 0.00676. The van der Waals surface area contributed by atoms with Gasteiger partial charge >= 0.3 is 12.6 Å². The molecule has 0 spiro atoms. The molecule has 0 aliphatic carbocycles. The highest BCUT2D eigenvalue weighted by molar-refractivity contribution is 5.89. The molecule has 0 atom stereocenters. The summed E-state index contributed by atoms with van der Waals surface area (Å²) in [6.07, 6.45) is 1.49. The Morgan fingerprint density at radius 3 is 2.83 bits per heavy atom. The minimum Gasteiger partial charge on any atom is -0.464 e. The van der Waals surface area contributed by atoms with E-state index in [-0.39, 0.29) is 11.4 Å². The molecule has 3 rings (SSSR count). The topological polar surface area (TPSA) is 65.7 Å². The molecule has 0 unspecified atom stereocenters. The standard InChI is InChI=1S/C15H11F2N3O3/c1-22-14(21)12-8-11(19-13-5-6-18-20(12)13)9-3-2-4-10(7-9)23-15(16)17/h2-8,15H,1H3. The van der Waals surface area contributed by atoms with Gasteiger partial charge in [-0.05, 0) is 18.2 Å². The Labute approximate surface area is 129 Å². The smallest absolute Gasteiger partial charge is 0.387 e. The fraction of sp³-hybridized carbons (Fsp3) is 0.133. The zero-order chi connectivity index (χ0) is 16.4. The van der Waals surface area contributed by atoms with Gasteiger partial charge in [-0.3, -0.25) is 0 Å². The molecular weight excluding hydrogens is 308 g/mol. The second-order valence-electron chi connectivity index (χ2n) is 4.53. The van der Waals surface area contributed by atoms with Crippen LogP contribution in [0.2, 0.25) is 0 Å². The number of ether oxygens (including phenoxy) is 2. The summed E-state index contributed by atoms with van der Waals surface area (Å²) in [5.74, 6) is -0.574. The van der Waals surface area contributed by atoms with Crippen molar-refractivity contribution in [2.75, 3.05) is 7.11 Å². The first-order valence-corrected chi connectivity index (χ1v) is 6.57. The van der Waals surface area contributed by atoms with Crippen molar-refractivity contribution in [2.45, 2.75) is 6.61 Å². The van der Waals surface area contributed by atoms with Gasteiger partial charge < -0.3 is 9.47 Å². The molecule has 0 N–H and O–H groups in total. The van der Waals surface area contributed by atoms with Crippen molar-refractivity contribution in [3.63, 3.8) is 0 Å². The predicted molar refractivity (Wildman–Crippen MR) is 76.4 cm³/mol. The number of alkyl halides is 2. The first-order valence-electron chi connectivity index (χ1n) is 6.57. The summed E-state index contributed by atoms with van der Waals surface area (Å²) in [7, 11) is 1.26. The van der Waals surface area contributed by atoms with Crippen molar-refractivity contribution in [1.82, 2.24) is 14.6 Å². The van der Waals surface area contributed by atoms with Crippen molar-refractivity contribution in [2.24, 2.45) is 0 Å². The molecular formula is C15H11F2N3O3. The molecule has 0 aliphatic heterocycles. The summed E-state index contributed by atoms with van der Waals surface area (Å²) in [4.78, 5) is 16.2. The van der Waals surface area contributed by atoms with Crippen LogP contribution < -0.4 is 4.74 Å². The van der Waals surface area contributed by atoms with E-state index in [1.54, 1.807) is 18.2 Å². The van der Waals surface area contributed by atoms with Gasteiger partial charge in [0.15, 0.2) is 11.3 Å². The molecule has 6 nitrogen and oxygen atoms in total. The van der Waals surface area contributed by atoms with Gasteiger partial charge in [-0.1, -0.05) is 12.1 Å². The maximum Gasteiger partial charge on any atom is 0.387 e. The van der Waals surface area contributed by atoms with E-state index in [4.69, 9.17) is 4.74 Å². The molecule has 0 amide bonds. The van der Waals surface area contributed by atoms with Crippen molar-refractivity contribution in [3.05, 3.63) is 48.3 Å². The zero-order valence-electron chi connectivity index (χ0n) is 11.9. The lowest BCUT2D eigenvalue weighted by Gasteiger charge is -2.09. The monoisotopic (exact) mass is 319 g/mol. The summed E-state index contributed by atoms with van der Waals surface area (Å²) < 4.78 is 35.1. The molecule has 0 bridgehead atoms. The number of fused-ring (bicyclic) bond motifs is 1. The normalized spacial score (nSPS) is 11.0. The van der Waals surface area contributed by atoms with E-state index in [1.807, 2.05) is 0 Å². The van der Waals surface area contributed by atoms with Crippen LogP contribution in [0.1, 0.15) is 10.5 Å². The van der Waals surface area contributed by atoms with Crippen LogP contribution in [0.4, 0.5) is 8.78 Å². The fourth-order valence-corrected chi connectivity index (χ4v) is 2.14. The average Bonchev–Trinajstić information content (AvgIpc) is 3.01. The van der Waals surface area contributed by atoms with Crippen LogP contribution in [0.5, 0.6) is 5.75 Å². The first kappa shape index (κ1) is 14.9. The second-order valence-corrected chi connectivity index (χ2v) is 4.53. The highest BCUT2D eigenvalue weighted by Gasteiger charge is 2.15. The Kier molecular flexibility index (Phi) is 3.88. The molecule has 0 radical (unpaired) electrons. The average molecular weight is 319 g/mol. The third-order valence-electron chi connectivity index (χ3n) is 3.11. The maximum atomic E-state index is 12.3. The summed E-state index contributed by atoms with van der Waals surface area (Å²) >= 11 is 0. The molecule has 23 heavy (non-hydrogen) atoms. The summed E-state index contributed by atoms with van der Waals surface area (Å²) in [6.45, 7) is -2.92. The van der Waals surface area contributed by atoms with Crippen molar-refractivity contribution < 1.29 is 23.0 Å². The van der Waals surface area contributed by atoms with Crippen molar-refractivity contribution >= 4 is 11.6 Å². The lowest BCUT2D eigenvalue weighted by atomic mass is 10.1. The van der Waals surface area contributed by atoms with Gasteiger partial charge in [-0.25, -0.2) is 14.3 Å². The number of nitrogens with zero attached hydrogens (tertiary/aromatic N) is 3. The largest absolute Gasteiger partial charge is 0.464 e. The van der Waals surface area contributed by atoms with E-state index in [2.05, 4.69) is 14.8 Å². The number of rotatable bonds is 4. The van der Waals surface area contributed by atoms with E-state index >= 15 is 0 Å². The van der Waals surface area contributed by atoms with E-state index < -0.39 is 12.6 Å². The number of aromatic nitrogens is 3. The number of carbonyl (C=O) groups excluding carboxylic acids is 1. The highest BCUT2D eigenvalue weighted by atomic mass is 19.3. The van der Waals surface area contributed by atoms with E-state index in [9.17, 15) is 13.6 Å². The van der Waals surface area contributed by atoms with Gasteiger partial charge in [0, 0.05) is 11.6 Å². The number of halogens is 2.